The van der Waals surface area contributed by atoms with Crippen LogP contribution < -0.4 is 4.74 Å². The lowest BCUT2D eigenvalue weighted by molar-refractivity contribution is 0.00171. The van der Waals surface area contributed by atoms with E-state index in [9.17, 15) is 4.39 Å². The van der Waals surface area contributed by atoms with Gasteiger partial charge in [0, 0.05) is 18.1 Å². The number of hydrogen-bond acceptors (Lipinski definition) is 2. The molecule has 1 aliphatic rings. The summed E-state index contributed by atoms with van der Waals surface area (Å²) < 4.78 is 25.6. The molecule has 0 saturated carbocycles. The minimum atomic E-state index is -0.282. The van der Waals surface area contributed by atoms with E-state index in [0.717, 1.165) is 24.0 Å². The van der Waals surface area contributed by atoms with E-state index < -0.39 is 0 Å². The lowest BCUT2D eigenvalue weighted by atomic mass is 9.72. The normalized spacial score (nSPS) is 23.7. The summed E-state index contributed by atoms with van der Waals surface area (Å²) in [7, 11) is 0. The zero-order chi connectivity index (χ0) is 17.0. The summed E-state index contributed by atoms with van der Waals surface area (Å²) in [5.74, 6) is 0.269. The number of hydrogen-bond donors (Lipinski definition) is 0. The average molecular weight is 326 g/mol. The maximum absolute atomic E-state index is 14.2. The van der Waals surface area contributed by atoms with Gasteiger partial charge >= 0.3 is 0 Å². The van der Waals surface area contributed by atoms with Gasteiger partial charge in [0.05, 0.1) is 6.10 Å². The highest BCUT2D eigenvalue weighted by atomic mass is 19.1. The van der Waals surface area contributed by atoms with E-state index in [4.69, 9.17) is 9.47 Å². The second kappa shape index (κ2) is 7.18. The Labute approximate surface area is 142 Å². The van der Waals surface area contributed by atoms with Crippen molar-refractivity contribution in [1.29, 1.82) is 0 Å². The number of halogens is 1. The van der Waals surface area contributed by atoms with Gasteiger partial charge in [-0.3, -0.25) is 0 Å². The number of benzene rings is 2. The molecule has 1 fully saturated rings. The molecule has 0 amide bonds. The Hall–Kier alpha value is -2.13. The fourth-order valence-corrected chi connectivity index (χ4v) is 3.36. The van der Waals surface area contributed by atoms with Crippen molar-refractivity contribution in [2.45, 2.75) is 37.9 Å². The van der Waals surface area contributed by atoms with Crippen LogP contribution in [-0.2, 0) is 16.8 Å². The Kier molecular flexibility index (Phi) is 5.00. The van der Waals surface area contributed by atoms with Gasteiger partial charge in [0.2, 0.25) is 0 Å². The lowest BCUT2D eigenvalue weighted by Gasteiger charge is -2.38. The van der Waals surface area contributed by atoms with Gasteiger partial charge in [-0.05, 0) is 43.0 Å². The number of ether oxygens (including phenoxy) is 2. The maximum Gasteiger partial charge on any atom is 0.127 e. The molecule has 2 nitrogen and oxygen atoms in total. The molecular formula is C21H23FO2. The van der Waals surface area contributed by atoms with Crippen molar-refractivity contribution in [2.24, 2.45) is 0 Å². The van der Waals surface area contributed by atoms with Crippen LogP contribution in [-0.4, -0.2) is 12.7 Å². The van der Waals surface area contributed by atoms with Crippen LogP contribution >= 0.6 is 0 Å². The Morgan fingerprint density at radius 3 is 2.79 bits per heavy atom. The predicted octanol–water partition coefficient (Wildman–Crippen LogP) is 5.03. The number of rotatable bonds is 5. The fraction of sp³-hybridized carbons (Fsp3) is 0.333. The monoisotopic (exact) mass is 326 g/mol. The van der Waals surface area contributed by atoms with Gasteiger partial charge < -0.3 is 9.47 Å². The second-order valence-corrected chi connectivity index (χ2v) is 6.45. The van der Waals surface area contributed by atoms with Crippen molar-refractivity contribution in [3.8, 4) is 5.75 Å². The SMILES string of the molecule is C=C[C@@]1(c2cc(F)cc(OCc3ccccc3)c2)CCO[C@@H](C)C1. The first kappa shape index (κ1) is 16.7. The molecule has 0 N–H and O–H groups in total. The van der Waals surface area contributed by atoms with Gasteiger partial charge in [-0.1, -0.05) is 36.4 Å². The van der Waals surface area contributed by atoms with Crippen molar-refractivity contribution in [3.05, 3.63) is 78.1 Å². The summed E-state index contributed by atoms with van der Waals surface area (Å²) in [5, 5.41) is 0. The Morgan fingerprint density at radius 1 is 1.29 bits per heavy atom. The van der Waals surface area contributed by atoms with E-state index in [0.29, 0.717) is 19.0 Å². The largest absolute Gasteiger partial charge is 0.489 e. The third-order valence-electron chi connectivity index (χ3n) is 4.69. The average Bonchev–Trinajstić information content (AvgIpc) is 2.60. The molecule has 2 atom stereocenters. The molecule has 0 spiro atoms. The van der Waals surface area contributed by atoms with Gasteiger partial charge in [-0.25, -0.2) is 4.39 Å². The molecule has 3 heteroatoms. The molecular weight excluding hydrogens is 303 g/mol. The molecule has 2 aromatic rings. The molecule has 2 aromatic carbocycles. The maximum atomic E-state index is 14.2. The van der Waals surface area contributed by atoms with Crippen molar-refractivity contribution >= 4 is 0 Å². The Morgan fingerprint density at radius 2 is 2.08 bits per heavy atom. The lowest BCUT2D eigenvalue weighted by Crippen LogP contribution is -2.36. The zero-order valence-corrected chi connectivity index (χ0v) is 14.0. The topological polar surface area (TPSA) is 18.5 Å². The van der Waals surface area contributed by atoms with Gasteiger partial charge in [-0.2, -0.15) is 0 Å². The van der Waals surface area contributed by atoms with Crippen LogP contribution in [0, 0.1) is 5.82 Å². The highest BCUT2D eigenvalue weighted by molar-refractivity contribution is 5.38. The molecule has 1 saturated heterocycles. The summed E-state index contributed by atoms with van der Waals surface area (Å²) in [6.07, 6.45) is 3.68. The van der Waals surface area contributed by atoms with E-state index in [-0.39, 0.29) is 17.3 Å². The second-order valence-electron chi connectivity index (χ2n) is 6.45. The van der Waals surface area contributed by atoms with Crippen LogP contribution in [0.3, 0.4) is 0 Å². The van der Waals surface area contributed by atoms with Gasteiger partial charge in [0.25, 0.3) is 0 Å². The quantitative estimate of drug-likeness (QED) is 0.718. The van der Waals surface area contributed by atoms with Crippen LogP contribution in [0.1, 0.15) is 30.9 Å². The van der Waals surface area contributed by atoms with Gasteiger partial charge in [-0.15, -0.1) is 6.58 Å². The molecule has 126 valence electrons. The zero-order valence-electron chi connectivity index (χ0n) is 14.0. The van der Waals surface area contributed by atoms with Crippen LogP contribution in [0.4, 0.5) is 4.39 Å². The molecule has 24 heavy (non-hydrogen) atoms. The minimum absolute atomic E-state index is 0.133. The summed E-state index contributed by atoms with van der Waals surface area (Å²) in [4.78, 5) is 0. The number of allylic oxidation sites excluding steroid dienone is 1. The Balaban J connectivity index is 1.84. The van der Waals surface area contributed by atoms with Crippen LogP contribution in [0.25, 0.3) is 0 Å². The minimum Gasteiger partial charge on any atom is -0.489 e. The fourth-order valence-electron chi connectivity index (χ4n) is 3.36. The predicted molar refractivity (Wildman–Crippen MR) is 93.7 cm³/mol. The molecule has 1 heterocycles. The summed E-state index contributed by atoms with van der Waals surface area (Å²) in [5.41, 5.74) is 1.71. The van der Waals surface area contributed by atoms with E-state index in [2.05, 4.69) is 6.58 Å². The van der Waals surface area contributed by atoms with Crippen molar-refractivity contribution in [3.63, 3.8) is 0 Å². The van der Waals surface area contributed by atoms with Crippen LogP contribution in [0.5, 0.6) is 5.75 Å². The van der Waals surface area contributed by atoms with E-state index in [1.54, 1.807) is 6.07 Å². The first-order valence-corrected chi connectivity index (χ1v) is 8.34. The van der Waals surface area contributed by atoms with E-state index >= 15 is 0 Å². The van der Waals surface area contributed by atoms with E-state index in [1.165, 1.54) is 6.07 Å². The summed E-state index contributed by atoms with van der Waals surface area (Å²) >= 11 is 0. The highest BCUT2D eigenvalue weighted by Gasteiger charge is 2.35. The first-order valence-electron chi connectivity index (χ1n) is 8.34. The molecule has 3 rings (SSSR count). The smallest absolute Gasteiger partial charge is 0.127 e. The van der Waals surface area contributed by atoms with Crippen LogP contribution in [0.15, 0.2) is 61.2 Å². The summed E-state index contributed by atoms with van der Waals surface area (Å²) in [6, 6.07) is 14.8. The Bertz CT molecular complexity index is 698. The third kappa shape index (κ3) is 3.68. The molecule has 0 aliphatic carbocycles. The molecule has 1 aliphatic heterocycles. The standard InChI is InChI=1S/C21H23FO2/c1-3-21(9-10-23-16(2)14-21)18-11-19(22)13-20(12-18)24-15-17-7-5-4-6-8-17/h3-8,11-13,16H,1,9-10,14-15H2,2H3/t16-,21+/m0/s1. The molecule has 0 unspecified atom stereocenters. The molecule has 0 aromatic heterocycles. The van der Waals surface area contributed by atoms with Gasteiger partial charge in [0.15, 0.2) is 0 Å². The van der Waals surface area contributed by atoms with Crippen molar-refractivity contribution in [1.82, 2.24) is 0 Å². The van der Waals surface area contributed by atoms with Gasteiger partial charge in [0.1, 0.15) is 18.2 Å². The molecule has 0 radical (unpaired) electrons. The summed E-state index contributed by atoms with van der Waals surface area (Å²) in [6.45, 7) is 7.12. The highest BCUT2D eigenvalue weighted by Crippen LogP contribution is 2.39. The van der Waals surface area contributed by atoms with Crippen molar-refractivity contribution in [2.75, 3.05) is 6.61 Å². The first-order chi connectivity index (χ1) is 11.6. The van der Waals surface area contributed by atoms with E-state index in [1.807, 2.05) is 49.4 Å². The third-order valence-corrected chi connectivity index (χ3v) is 4.69. The van der Waals surface area contributed by atoms with Crippen molar-refractivity contribution < 1.29 is 13.9 Å². The van der Waals surface area contributed by atoms with Crippen LogP contribution in [0.2, 0.25) is 0 Å². The molecule has 0 bridgehead atoms.